The van der Waals surface area contributed by atoms with Gasteiger partial charge in [0.15, 0.2) is 5.03 Å². The normalized spacial score (nSPS) is 11.1. The first-order chi connectivity index (χ1) is 15.2. The van der Waals surface area contributed by atoms with Crippen LogP contribution in [0.4, 0.5) is 5.69 Å². The maximum atomic E-state index is 12.8. The molecule has 0 aliphatic carbocycles. The van der Waals surface area contributed by atoms with Crippen LogP contribution in [0.5, 0.6) is 0 Å². The summed E-state index contributed by atoms with van der Waals surface area (Å²) in [5.74, 6) is -1.18. The molecule has 32 heavy (non-hydrogen) atoms. The van der Waals surface area contributed by atoms with Crippen molar-refractivity contribution in [2.24, 2.45) is 0 Å². The molecule has 3 rings (SSSR count). The van der Waals surface area contributed by atoms with Crippen LogP contribution in [0.3, 0.4) is 0 Å². The molecular weight excluding hydrogens is 458 g/mol. The van der Waals surface area contributed by atoms with Crippen LogP contribution in [0.1, 0.15) is 17.3 Å². The fourth-order valence-electron chi connectivity index (χ4n) is 2.70. The second-order valence-corrected chi connectivity index (χ2v) is 8.81. The molecule has 2 aromatic carbocycles. The van der Waals surface area contributed by atoms with E-state index in [-0.39, 0.29) is 17.1 Å². The number of halogens is 1. The van der Waals surface area contributed by atoms with Crippen LogP contribution in [0, 0.1) is 0 Å². The van der Waals surface area contributed by atoms with E-state index in [2.05, 4.69) is 10.4 Å². The third kappa shape index (κ3) is 5.40. The minimum Gasteiger partial charge on any atom is -0.462 e. The average Bonchev–Trinajstić information content (AvgIpc) is 2.76. The highest BCUT2D eigenvalue weighted by Crippen LogP contribution is 2.20. The zero-order valence-electron chi connectivity index (χ0n) is 16.8. The third-order valence-corrected chi connectivity index (χ3v) is 6.11. The molecule has 9 nitrogen and oxygen atoms in total. The van der Waals surface area contributed by atoms with Crippen molar-refractivity contribution >= 4 is 39.0 Å². The van der Waals surface area contributed by atoms with Gasteiger partial charge in [-0.05, 0) is 55.5 Å². The summed E-state index contributed by atoms with van der Waals surface area (Å²) < 4.78 is 31.2. The molecule has 3 aromatic rings. The molecule has 0 aliphatic rings. The number of sulfone groups is 1. The monoisotopic (exact) mass is 475 g/mol. The molecule has 11 heteroatoms. The zero-order chi connectivity index (χ0) is 23.3. The lowest BCUT2D eigenvalue weighted by Crippen LogP contribution is -2.30. The summed E-state index contributed by atoms with van der Waals surface area (Å²) >= 11 is 5.79. The van der Waals surface area contributed by atoms with E-state index in [1.54, 1.807) is 19.1 Å². The van der Waals surface area contributed by atoms with Gasteiger partial charge in [-0.15, -0.1) is 0 Å². The molecule has 0 saturated heterocycles. The summed E-state index contributed by atoms with van der Waals surface area (Å²) in [7, 11) is -4.02. The highest BCUT2D eigenvalue weighted by atomic mass is 35.5. The van der Waals surface area contributed by atoms with Gasteiger partial charge in [0.1, 0.15) is 6.54 Å². The minimum absolute atomic E-state index is 0.0557. The Labute approximate surface area is 188 Å². The molecule has 1 heterocycles. The Morgan fingerprint density at radius 2 is 1.81 bits per heavy atom. The summed E-state index contributed by atoms with van der Waals surface area (Å²) in [5, 5.41) is 6.36. The maximum absolute atomic E-state index is 12.8. The van der Waals surface area contributed by atoms with Crippen LogP contribution in [0.15, 0.2) is 75.4 Å². The zero-order valence-corrected chi connectivity index (χ0v) is 18.4. The third-order valence-electron chi connectivity index (χ3n) is 4.19. The number of ether oxygens (including phenoxy) is 1. The van der Waals surface area contributed by atoms with Gasteiger partial charge in [0.25, 0.3) is 5.56 Å². The van der Waals surface area contributed by atoms with E-state index in [1.165, 1.54) is 36.4 Å². The van der Waals surface area contributed by atoms with Crippen molar-refractivity contribution in [1.82, 2.24) is 9.78 Å². The van der Waals surface area contributed by atoms with Crippen molar-refractivity contribution in [1.29, 1.82) is 0 Å². The Morgan fingerprint density at radius 3 is 2.50 bits per heavy atom. The van der Waals surface area contributed by atoms with E-state index < -0.39 is 38.8 Å². The van der Waals surface area contributed by atoms with Crippen molar-refractivity contribution in [2.75, 3.05) is 11.9 Å². The Morgan fingerprint density at radius 1 is 1.09 bits per heavy atom. The second-order valence-electron chi connectivity index (χ2n) is 6.47. The van der Waals surface area contributed by atoms with Crippen LogP contribution < -0.4 is 10.9 Å². The van der Waals surface area contributed by atoms with Crippen LogP contribution in [-0.4, -0.2) is 36.7 Å². The average molecular weight is 476 g/mol. The van der Waals surface area contributed by atoms with E-state index in [0.717, 1.165) is 16.8 Å². The van der Waals surface area contributed by atoms with Gasteiger partial charge in [-0.3, -0.25) is 9.59 Å². The molecule has 0 unspecified atom stereocenters. The van der Waals surface area contributed by atoms with Crippen LogP contribution in [0.2, 0.25) is 5.02 Å². The van der Waals surface area contributed by atoms with E-state index in [0.29, 0.717) is 10.7 Å². The number of nitrogens with one attached hydrogen (secondary N) is 1. The largest absolute Gasteiger partial charge is 0.462 e. The maximum Gasteiger partial charge on any atom is 0.338 e. The molecular formula is C21H18ClN3O6S. The van der Waals surface area contributed by atoms with Gasteiger partial charge < -0.3 is 10.1 Å². The SMILES string of the molecule is CCOC(=O)c1cccc(NC(=O)Cn2nc(S(=O)(=O)c3ccc(Cl)cc3)ccc2=O)c1. The molecule has 0 saturated carbocycles. The van der Waals surface area contributed by atoms with Crippen molar-refractivity contribution in [2.45, 2.75) is 23.4 Å². The molecule has 0 radical (unpaired) electrons. The first-order valence-corrected chi connectivity index (χ1v) is 11.2. The number of aromatic nitrogens is 2. The number of amides is 1. The van der Waals surface area contributed by atoms with E-state index in [9.17, 15) is 22.8 Å². The summed E-state index contributed by atoms with van der Waals surface area (Å²) in [5.41, 5.74) is -0.106. The molecule has 0 spiro atoms. The lowest BCUT2D eigenvalue weighted by molar-refractivity contribution is -0.117. The molecule has 1 N–H and O–H groups in total. The molecule has 166 valence electrons. The second kappa shape index (κ2) is 9.75. The van der Waals surface area contributed by atoms with Crippen LogP contribution in [0.25, 0.3) is 0 Å². The first kappa shape index (κ1) is 23.2. The summed E-state index contributed by atoms with van der Waals surface area (Å²) in [6.07, 6.45) is 0. The fraction of sp³-hybridized carbons (Fsp3) is 0.143. The Bertz CT molecular complexity index is 1320. The van der Waals surface area contributed by atoms with Gasteiger partial charge in [-0.25, -0.2) is 17.9 Å². The molecule has 0 atom stereocenters. The fourth-order valence-corrected chi connectivity index (χ4v) is 4.01. The van der Waals surface area contributed by atoms with E-state index in [4.69, 9.17) is 16.3 Å². The molecule has 0 aliphatic heterocycles. The van der Waals surface area contributed by atoms with Crippen molar-refractivity contribution in [3.63, 3.8) is 0 Å². The number of hydrogen-bond acceptors (Lipinski definition) is 7. The van der Waals surface area contributed by atoms with Gasteiger partial charge in [-0.1, -0.05) is 17.7 Å². The molecule has 1 amide bonds. The van der Waals surface area contributed by atoms with Crippen molar-refractivity contribution < 1.29 is 22.7 Å². The number of anilines is 1. The molecule has 0 fully saturated rings. The minimum atomic E-state index is -4.02. The number of hydrogen-bond donors (Lipinski definition) is 1. The van der Waals surface area contributed by atoms with Gasteiger partial charge in [0.05, 0.1) is 17.1 Å². The lowest BCUT2D eigenvalue weighted by atomic mass is 10.2. The van der Waals surface area contributed by atoms with Crippen molar-refractivity contribution in [3.8, 4) is 0 Å². The number of rotatable bonds is 7. The Balaban J connectivity index is 1.80. The topological polar surface area (TPSA) is 124 Å². The standard InChI is InChI=1S/C21H18ClN3O6S/c1-2-31-21(28)14-4-3-5-16(12-14)23-18(26)13-25-20(27)11-10-19(24-25)32(29,30)17-8-6-15(22)7-9-17/h3-12H,2,13H2,1H3,(H,23,26). The van der Waals surface area contributed by atoms with Gasteiger partial charge in [0.2, 0.25) is 15.7 Å². The first-order valence-electron chi connectivity index (χ1n) is 9.36. The van der Waals surface area contributed by atoms with Crippen LogP contribution in [-0.2, 0) is 25.9 Å². The Kier molecular flexibility index (Phi) is 7.06. The van der Waals surface area contributed by atoms with Crippen LogP contribution >= 0.6 is 11.6 Å². The van der Waals surface area contributed by atoms with Gasteiger partial charge in [0, 0.05) is 16.8 Å². The number of benzene rings is 2. The summed E-state index contributed by atoms with van der Waals surface area (Å²) in [6.45, 7) is 1.35. The van der Waals surface area contributed by atoms with E-state index in [1.807, 2.05) is 0 Å². The number of carbonyl (C=O) groups is 2. The molecule has 0 bridgehead atoms. The summed E-state index contributed by atoms with van der Waals surface area (Å²) in [4.78, 5) is 36.3. The molecule has 1 aromatic heterocycles. The highest BCUT2D eigenvalue weighted by Gasteiger charge is 2.21. The smallest absolute Gasteiger partial charge is 0.338 e. The number of esters is 1. The quantitative estimate of drug-likeness (QED) is 0.520. The van der Waals surface area contributed by atoms with E-state index >= 15 is 0 Å². The number of carbonyl (C=O) groups excluding carboxylic acids is 2. The van der Waals surface area contributed by atoms with Gasteiger partial charge in [-0.2, -0.15) is 5.10 Å². The predicted octanol–water partition coefficient (Wildman–Crippen LogP) is 2.54. The van der Waals surface area contributed by atoms with Crippen molar-refractivity contribution in [3.05, 3.63) is 81.6 Å². The Hall–Kier alpha value is -3.50. The predicted molar refractivity (Wildman–Crippen MR) is 116 cm³/mol. The number of nitrogens with zero attached hydrogens (tertiary/aromatic N) is 2. The lowest BCUT2D eigenvalue weighted by Gasteiger charge is -2.10. The highest BCUT2D eigenvalue weighted by molar-refractivity contribution is 7.91. The summed E-state index contributed by atoms with van der Waals surface area (Å²) in [6, 6.07) is 13.6. The van der Waals surface area contributed by atoms with Gasteiger partial charge >= 0.3 is 5.97 Å².